The van der Waals surface area contributed by atoms with Gasteiger partial charge in [-0.2, -0.15) is 0 Å². The van der Waals surface area contributed by atoms with Crippen molar-refractivity contribution >= 4 is 0 Å². The highest BCUT2D eigenvalue weighted by Crippen LogP contribution is 2.24. The van der Waals surface area contributed by atoms with Crippen molar-refractivity contribution in [1.82, 2.24) is 9.80 Å². The predicted molar refractivity (Wildman–Crippen MR) is 179 cm³/mol. The van der Waals surface area contributed by atoms with Crippen LogP contribution < -0.4 is 20.9 Å². The summed E-state index contributed by atoms with van der Waals surface area (Å²) < 4.78 is 11.0. The van der Waals surface area contributed by atoms with E-state index in [1.54, 1.807) is 14.2 Å². The molecule has 0 fully saturated rings. The highest BCUT2D eigenvalue weighted by atomic mass is 16.5. The number of nitrogens with zero attached hydrogens (tertiary/aromatic N) is 2. The Bertz CT molecular complexity index is 888. The molecule has 0 spiro atoms. The monoisotopic (exact) mass is 582 g/mol. The summed E-state index contributed by atoms with van der Waals surface area (Å²) in [6.45, 7) is 2.85. The molecule has 0 aromatic heterocycles. The van der Waals surface area contributed by atoms with E-state index >= 15 is 0 Å². The quantitative estimate of drug-likeness (QED) is 0.0939. The Morgan fingerprint density at radius 1 is 0.571 bits per heavy atom. The molecule has 2 aromatic rings. The van der Waals surface area contributed by atoms with Crippen molar-refractivity contribution in [3.05, 3.63) is 59.7 Å². The number of hydrogen-bond acceptors (Lipinski definition) is 6. The van der Waals surface area contributed by atoms with Crippen LogP contribution in [0.3, 0.4) is 0 Å². The van der Waals surface area contributed by atoms with Gasteiger partial charge in [0.1, 0.15) is 17.3 Å². The van der Waals surface area contributed by atoms with E-state index in [2.05, 4.69) is 60.3 Å². The van der Waals surface area contributed by atoms with Crippen LogP contribution in [0.1, 0.15) is 101 Å². The molecule has 0 heterocycles. The van der Waals surface area contributed by atoms with E-state index in [9.17, 15) is 0 Å². The maximum atomic E-state index is 7.23. The van der Waals surface area contributed by atoms with E-state index < -0.39 is 5.79 Å². The largest absolute Gasteiger partial charge is 0.496 e. The number of para-hydroxylation sites is 2. The van der Waals surface area contributed by atoms with Crippen LogP contribution in [0.5, 0.6) is 11.5 Å². The first-order chi connectivity index (χ1) is 20.5. The maximum Gasteiger partial charge on any atom is 0.125 e. The van der Waals surface area contributed by atoms with Crippen LogP contribution in [0.15, 0.2) is 48.5 Å². The van der Waals surface area contributed by atoms with Crippen LogP contribution in [0.4, 0.5) is 0 Å². The molecule has 0 atom stereocenters. The first-order valence-corrected chi connectivity index (χ1v) is 16.6. The summed E-state index contributed by atoms with van der Waals surface area (Å²) in [7, 11) is 7.98. The first-order valence-electron chi connectivity index (χ1n) is 16.6. The Hall–Kier alpha value is -2.12. The lowest BCUT2D eigenvalue weighted by Gasteiger charge is -2.46. The fourth-order valence-electron chi connectivity index (χ4n) is 5.98. The average molecular weight is 583 g/mol. The summed E-state index contributed by atoms with van der Waals surface area (Å²) in [5, 5.41) is 0. The number of nitrogens with two attached hydrogens (primary N) is 2. The zero-order valence-electron chi connectivity index (χ0n) is 27.4. The predicted octanol–water partition coefficient (Wildman–Crippen LogP) is 7.39. The number of aryl methyl sites for hydroxylation is 2. The molecule has 0 radical (unpaired) electrons. The zero-order chi connectivity index (χ0) is 30.5. The number of methoxy groups -OCH3 is 2. The molecule has 42 heavy (non-hydrogen) atoms. The highest BCUT2D eigenvalue weighted by Gasteiger charge is 2.33. The standard InChI is InChI=1S/C36H62N4O2/c1-39(30-20-10-6-12-22-32-24-14-16-26-34(32)41-3)36(38,28-18-8-5-9-19-29-37)40(2)31-21-11-7-13-23-33-25-15-17-27-35(33)42-4/h14-17,24-27H,5-13,18-23,28-31,37-38H2,1-4H3. The molecule has 0 saturated heterocycles. The Morgan fingerprint density at radius 2 is 0.976 bits per heavy atom. The molecule has 0 bridgehead atoms. The summed E-state index contributed by atoms with van der Waals surface area (Å²) in [5.74, 6) is 1.61. The minimum atomic E-state index is -0.400. The molecule has 0 unspecified atom stereocenters. The van der Waals surface area contributed by atoms with Gasteiger partial charge in [0.25, 0.3) is 0 Å². The van der Waals surface area contributed by atoms with Crippen LogP contribution in [-0.2, 0) is 12.8 Å². The molecule has 4 N–H and O–H groups in total. The lowest BCUT2D eigenvalue weighted by molar-refractivity contribution is -0.0357. The van der Waals surface area contributed by atoms with E-state index in [1.807, 2.05) is 12.1 Å². The molecular formula is C36H62N4O2. The zero-order valence-corrected chi connectivity index (χ0v) is 27.4. The first kappa shape index (κ1) is 36.1. The van der Waals surface area contributed by atoms with Crippen molar-refractivity contribution in [1.29, 1.82) is 0 Å². The van der Waals surface area contributed by atoms with Gasteiger partial charge in [0, 0.05) is 13.1 Å². The normalized spacial score (nSPS) is 11.9. The molecule has 6 nitrogen and oxygen atoms in total. The van der Waals surface area contributed by atoms with Gasteiger partial charge in [-0.25, -0.2) is 0 Å². The minimum Gasteiger partial charge on any atom is -0.496 e. The van der Waals surface area contributed by atoms with Crippen LogP contribution in [0, 0.1) is 0 Å². The summed E-state index contributed by atoms with van der Waals surface area (Å²) in [4.78, 5) is 4.85. The molecule has 0 aliphatic rings. The fourth-order valence-corrected chi connectivity index (χ4v) is 5.98. The van der Waals surface area contributed by atoms with Crippen molar-refractivity contribution in [3.8, 4) is 11.5 Å². The van der Waals surface area contributed by atoms with Crippen LogP contribution in [0.25, 0.3) is 0 Å². The van der Waals surface area contributed by atoms with Crippen molar-refractivity contribution in [2.24, 2.45) is 11.5 Å². The van der Waals surface area contributed by atoms with Crippen LogP contribution in [0.2, 0.25) is 0 Å². The summed E-state index contributed by atoms with van der Waals surface area (Å²) in [6, 6.07) is 16.8. The number of benzene rings is 2. The van der Waals surface area contributed by atoms with Gasteiger partial charge < -0.3 is 20.9 Å². The molecule has 0 saturated carbocycles. The number of unbranched alkanes of at least 4 members (excludes halogenated alkanes) is 10. The second-order valence-corrected chi connectivity index (χ2v) is 12.0. The van der Waals surface area contributed by atoms with Gasteiger partial charge in [0.2, 0.25) is 0 Å². The van der Waals surface area contributed by atoms with Gasteiger partial charge in [-0.05, 0) is 102 Å². The molecule has 0 aliphatic heterocycles. The van der Waals surface area contributed by atoms with Gasteiger partial charge in [0.05, 0.1) is 14.2 Å². The van der Waals surface area contributed by atoms with Gasteiger partial charge in [-0.3, -0.25) is 9.80 Å². The summed E-state index contributed by atoms with van der Waals surface area (Å²) in [5.41, 5.74) is 15.5. The topological polar surface area (TPSA) is 77.0 Å². The molecule has 2 aromatic carbocycles. The van der Waals surface area contributed by atoms with Crippen molar-refractivity contribution < 1.29 is 9.47 Å². The lowest BCUT2D eigenvalue weighted by Crippen LogP contribution is -2.65. The average Bonchev–Trinajstić information content (AvgIpc) is 3.02. The fraction of sp³-hybridized carbons (Fsp3) is 0.667. The third kappa shape index (κ3) is 13.0. The SMILES string of the molecule is COc1ccccc1CCCCCCN(C)C(N)(CCCCCCCN)N(C)CCCCCCc1ccccc1OC. The van der Waals surface area contributed by atoms with E-state index in [4.69, 9.17) is 20.9 Å². The Balaban J connectivity index is 1.77. The van der Waals surface area contributed by atoms with Crippen LogP contribution in [-0.4, -0.2) is 63.5 Å². The highest BCUT2D eigenvalue weighted by molar-refractivity contribution is 5.33. The second-order valence-electron chi connectivity index (χ2n) is 12.0. The Labute approximate surface area is 258 Å². The van der Waals surface area contributed by atoms with E-state index in [0.717, 1.165) is 63.2 Å². The molecule has 0 amide bonds. The van der Waals surface area contributed by atoms with Gasteiger partial charge in [0.15, 0.2) is 0 Å². The Kier molecular flexibility index (Phi) is 18.5. The third-order valence-electron chi connectivity index (χ3n) is 8.84. The summed E-state index contributed by atoms with van der Waals surface area (Å²) in [6.07, 6.45) is 18.8. The molecule has 2 rings (SSSR count). The Morgan fingerprint density at radius 3 is 1.45 bits per heavy atom. The molecule has 0 aliphatic carbocycles. The van der Waals surface area contributed by atoms with Gasteiger partial charge in [-0.1, -0.05) is 81.3 Å². The van der Waals surface area contributed by atoms with Crippen LogP contribution >= 0.6 is 0 Å². The van der Waals surface area contributed by atoms with Gasteiger partial charge >= 0.3 is 0 Å². The minimum absolute atomic E-state index is 0.400. The van der Waals surface area contributed by atoms with E-state index in [1.165, 1.54) is 81.8 Å². The number of hydrogen-bond donors (Lipinski definition) is 2. The maximum absolute atomic E-state index is 7.23. The molecule has 238 valence electrons. The third-order valence-corrected chi connectivity index (χ3v) is 8.84. The summed E-state index contributed by atoms with van der Waals surface area (Å²) >= 11 is 0. The van der Waals surface area contributed by atoms with Crippen molar-refractivity contribution in [2.75, 3.05) is 47.9 Å². The van der Waals surface area contributed by atoms with E-state index in [-0.39, 0.29) is 0 Å². The van der Waals surface area contributed by atoms with Crippen molar-refractivity contribution in [3.63, 3.8) is 0 Å². The second kappa shape index (κ2) is 21.6. The lowest BCUT2D eigenvalue weighted by atomic mass is 10.0. The smallest absolute Gasteiger partial charge is 0.125 e. The molecular weight excluding hydrogens is 520 g/mol. The molecule has 6 heteroatoms. The number of ether oxygens (including phenoxy) is 2. The van der Waals surface area contributed by atoms with Gasteiger partial charge in [-0.15, -0.1) is 0 Å². The van der Waals surface area contributed by atoms with E-state index in [0.29, 0.717) is 0 Å². The van der Waals surface area contributed by atoms with Crippen molar-refractivity contribution in [2.45, 2.75) is 109 Å². The number of rotatable bonds is 25.